The van der Waals surface area contributed by atoms with Gasteiger partial charge in [0.05, 0.1) is 12.5 Å². The molecule has 1 aromatic rings. The zero-order chi connectivity index (χ0) is 11.0. The standard InChI is InChI=1S/C8H7N.H3O3PS/c9-7-6-8-4-2-1-3-5-8;1-4(2,3)5/h1-5H,6H2;(H3,1,2,3,5). The van der Waals surface area contributed by atoms with Crippen LogP contribution in [0.5, 0.6) is 0 Å². The summed E-state index contributed by atoms with van der Waals surface area (Å²) in [5.74, 6) is 0. The van der Waals surface area contributed by atoms with E-state index in [1.807, 2.05) is 30.3 Å². The lowest BCUT2D eigenvalue weighted by Crippen LogP contribution is -1.76. The molecule has 76 valence electrons. The summed E-state index contributed by atoms with van der Waals surface area (Å²) >= 11 is 3.60. The van der Waals surface area contributed by atoms with E-state index in [-0.39, 0.29) is 0 Å². The van der Waals surface area contributed by atoms with Crippen LogP contribution in [0.2, 0.25) is 0 Å². The maximum Gasteiger partial charge on any atom is 0.319 e. The molecule has 0 spiro atoms. The molecular formula is C8H10NO3PS. The fraction of sp³-hybridized carbons (Fsp3) is 0.125. The third kappa shape index (κ3) is 11.2. The summed E-state index contributed by atoms with van der Waals surface area (Å²) < 4.78 is 0. The van der Waals surface area contributed by atoms with Gasteiger partial charge in [-0.3, -0.25) is 0 Å². The van der Waals surface area contributed by atoms with Crippen LogP contribution in [0.15, 0.2) is 30.3 Å². The number of rotatable bonds is 1. The van der Waals surface area contributed by atoms with E-state index >= 15 is 0 Å². The largest absolute Gasteiger partial charge is 0.325 e. The van der Waals surface area contributed by atoms with Crippen LogP contribution >= 0.6 is 6.72 Å². The highest BCUT2D eigenvalue weighted by molar-refractivity contribution is 8.06. The minimum Gasteiger partial charge on any atom is -0.325 e. The molecule has 0 saturated carbocycles. The molecule has 0 fully saturated rings. The molecule has 1 rings (SSSR count). The average molecular weight is 231 g/mol. The highest BCUT2D eigenvalue weighted by atomic mass is 32.5. The number of nitriles is 1. The molecule has 0 unspecified atom stereocenters. The van der Waals surface area contributed by atoms with Gasteiger partial charge in [-0.15, -0.1) is 0 Å². The van der Waals surface area contributed by atoms with Gasteiger partial charge in [-0.05, 0) is 17.4 Å². The Labute approximate surface area is 87.3 Å². The predicted octanol–water partition coefficient (Wildman–Crippen LogP) is 0.940. The molecule has 0 aliphatic heterocycles. The summed E-state index contributed by atoms with van der Waals surface area (Å²) in [6.45, 7) is -3.81. The van der Waals surface area contributed by atoms with Crippen LogP contribution in [0, 0.1) is 11.3 Å². The molecule has 0 saturated heterocycles. The Balaban J connectivity index is 0.000000292. The van der Waals surface area contributed by atoms with Gasteiger partial charge < -0.3 is 14.7 Å². The van der Waals surface area contributed by atoms with Crippen molar-refractivity contribution >= 4 is 18.5 Å². The van der Waals surface area contributed by atoms with Gasteiger partial charge >= 0.3 is 6.72 Å². The Morgan fingerprint density at radius 2 is 1.64 bits per heavy atom. The van der Waals surface area contributed by atoms with Crippen molar-refractivity contribution in [3.63, 3.8) is 0 Å². The molecule has 0 aromatic heterocycles. The quantitative estimate of drug-likeness (QED) is 0.626. The first-order valence-electron chi connectivity index (χ1n) is 3.62. The zero-order valence-corrected chi connectivity index (χ0v) is 8.95. The summed E-state index contributed by atoms with van der Waals surface area (Å²) in [5.41, 5.74) is 1.08. The zero-order valence-electron chi connectivity index (χ0n) is 7.24. The minimum atomic E-state index is -3.81. The Kier molecular flexibility index (Phi) is 6.30. The van der Waals surface area contributed by atoms with Crippen molar-refractivity contribution in [2.75, 3.05) is 0 Å². The minimum absolute atomic E-state index is 0.515. The lowest BCUT2D eigenvalue weighted by atomic mass is 10.2. The van der Waals surface area contributed by atoms with E-state index in [0.717, 1.165) is 5.56 Å². The van der Waals surface area contributed by atoms with Crippen molar-refractivity contribution in [1.82, 2.24) is 0 Å². The van der Waals surface area contributed by atoms with Gasteiger partial charge in [0.2, 0.25) is 0 Å². The lowest BCUT2D eigenvalue weighted by molar-refractivity contribution is 0.363. The molecule has 0 aliphatic carbocycles. The smallest absolute Gasteiger partial charge is 0.319 e. The summed E-state index contributed by atoms with van der Waals surface area (Å²) in [5, 5.41) is 8.27. The van der Waals surface area contributed by atoms with Gasteiger partial charge in [0.25, 0.3) is 0 Å². The molecule has 0 atom stereocenters. The first-order chi connectivity index (χ1) is 6.43. The van der Waals surface area contributed by atoms with E-state index < -0.39 is 6.72 Å². The Morgan fingerprint density at radius 3 is 2.00 bits per heavy atom. The third-order valence-electron chi connectivity index (χ3n) is 1.13. The van der Waals surface area contributed by atoms with Crippen molar-refractivity contribution < 1.29 is 14.7 Å². The van der Waals surface area contributed by atoms with Crippen LogP contribution in [0.3, 0.4) is 0 Å². The van der Waals surface area contributed by atoms with E-state index in [9.17, 15) is 0 Å². The SMILES string of the molecule is N#CCc1ccccc1.OP(O)(O)=S. The Bertz CT molecular complexity index is 335. The van der Waals surface area contributed by atoms with Crippen LogP contribution in [0.25, 0.3) is 0 Å². The lowest BCUT2D eigenvalue weighted by Gasteiger charge is -1.88. The van der Waals surface area contributed by atoms with E-state index in [2.05, 4.69) is 17.9 Å². The molecule has 14 heavy (non-hydrogen) atoms. The normalized spacial score (nSPS) is 9.57. The molecule has 1 aromatic carbocycles. The fourth-order valence-corrected chi connectivity index (χ4v) is 0.687. The highest BCUT2D eigenvalue weighted by Crippen LogP contribution is 2.26. The predicted molar refractivity (Wildman–Crippen MR) is 56.7 cm³/mol. The van der Waals surface area contributed by atoms with Crippen LogP contribution in [0.4, 0.5) is 0 Å². The Hall–Kier alpha value is -0.760. The summed E-state index contributed by atoms with van der Waals surface area (Å²) in [4.78, 5) is 22.7. The number of benzene rings is 1. The highest BCUT2D eigenvalue weighted by Gasteiger charge is 1.92. The average Bonchev–Trinajstić information content (AvgIpc) is 2.03. The van der Waals surface area contributed by atoms with Gasteiger partial charge in [-0.2, -0.15) is 5.26 Å². The number of nitrogens with zero attached hydrogens (tertiary/aromatic N) is 1. The second-order valence-corrected chi connectivity index (χ2v) is 4.83. The summed E-state index contributed by atoms with van der Waals surface area (Å²) in [6.07, 6.45) is 0.515. The van der Waals surface area contributed by atoms with Crippen molar-refractivity contribution in [3.8, 4) is 6.07 Å². The van der Waals surface area contributed by atoms with E-state index in [0.29, 0.717) is 6.42 Å². The molecule has 6 heteroatoms. The van der Waals surface area contributed by atoms with Crippen LogP contribution in [-0.4, -0.2) is 14.7 Å². The molecular weight excluding hydrogens is 221 g/mol. The summed E-state index contributed by atoms with van der Waals surface area (Å²) in [7, 11) is 0. The van der Waals surface area contributed by atoms with E-state index in [1.54, 1.807) is 0 Å². The third-order valence-corrected chi connectivity index (χ3v) is 1.13. The van der Waals surface area contributed by atoms with E-state index in [4.69, 9.17) is 19.9 Å². The van der Waals surface area contributed by atoms with Gasteiger partial charge in [0.1, 0.15) is 0 Å². The topological polar surface area (TPSA) is 84.5 Å². The van der Waals surface area contributed by atoms with Crippen LogP contribution in [-0.2, 0) is 18.2 Å². The maximum absolute atomic E-state index is 8.27. The van der Waals surface area contributed by atoms with Crippen molar-refractivity contribution in [1.29, 1.82) is 5.26 Å². The van der Waals surface area contributed by atoms with Crippen molar-refractivity contribution in [3.05, 3.63) is 35.9 Å². The monoisotopic (exact) mass is 231 g/mol. The second kappa shape index (κ2) is 6.66. The van der Waals surface area contributed by atoms with Gasteiger partial charge in [0, 0.05) is 0 Å². The van der Waals surface area contributed by atoms with Crippen molar-refractivity contribution in [2.45, 2.75) is 6.42 Å². The Morgan fingerprint density at radius 1 is 1.21 bits per heavy atom. The van der Waals surface area contributed by atoms with Gasteiger partial charge in [0.15, 0.2) is 0 Å². The van der Waals surface area contributed by atoms with E-state index in [1.165, 1.54) is 0 Å². The second-order valence-electron chi connectivity index (χ2n) is 2.33. The fourth-order valence-electron chi connectivity index (χ4n) is 0.687. The molecule has 4 nitrogen and oxygen atoms in total. The molecule has 0 amide bonds. The summed E-state index contributed by atoms with van der Waals surface area (Å²) in [6, 6.07) is 11.8. The number of hydrogen-bond donors (Lipinski definition) is 3. The molecule has 3 N–H and O–H groups in total. The first kappa shape index (κ1) is 13.2. The van der Waals surface area contributed by atoms with Crippen molar-refractivity contribution in [2.24, 2.45) is 0 Å². The molecule has 0 radical (unpaired) electrons. The molecule has 0 aliphatic rings. The maximum atomic E-state index is 8.27. The number of hydrogen-bond acceptors (Lipinski definition) is 2. The molecule has 0 heterocycles. The van der Waals surface area contributed by atoms with Crippen LogP contribution in [0.1, 0.15) is 5.56 Å². The molecule has 0 bridgehead atoms. The first-order valence-corrected chi connectivity index (χ1v) is 6.28. The van der Waals surface area contributed by atoms with Crippen LogP contribution < -0.4 is 0 Å². The van der Waals surface area contributed by atoms with Gasteiger partial charge in [-0.25, -0.2) is 0 Å². The van der Waals surface area contributed by atoms with Gasteiger partial charge in [-0.1, -0.05) is 30.3 Å².